The highest BCUT2D eigenvalue weighted by atomic mass is 16.3. The zero-order valence-electron chi connectivity index (χ0n) is 34.8. The van der Waals surface area contributed by atoms with Gasteiger partial charge < -0.3 is 18.5 Å². The number of para-hydroxylation sites is 5. The Morgan fingerprint density at radius 3 is 1.27 bits per heavy atom. The summed E-state index contributed by atoms with van der Waals surface area (Å²) >= 11 is 0. The molecular weight excluding hydrogens is 779 g/mol. The molecule has 13 rings (SSSR count). The lowest BCUT2D eigenvalue weighted by atomic mass is 9.99. The Morgan fingerprint density at radius 2 is 0.703 bits per heavy atom. The maximum Gasteiger partial charge on any atom is 0.135 e. The predicted molar refractivity (Wildman–Crippen MR) is 268 cm³/mol. The number of furan rings is 1. The average Bonchev–Trinajstić information content (AvgIpc) is 4.02. The van der Waals surface area contributed by atoms with Crippen molar-refractivity contribution in [2.75, 3.05) is 4.90 Å². The van der Waals surface area contributed by atoms with Gasteiger partial charge in [-0.15, -0.1) is 0 Å². The van der Waals surface area contributed by atoms with Crippen LogP contribution in [0.1, 0.15) is 0 Å². The van der Waals surface area contributed by atoms with Crippen LogP contribution in [0.2, 0.25) is 0 Å². The number of rotatable bonds is 7. The van der Waals surface area contributed by atoms with Crippen LogP contribution in [-0.4, -0.2) is 9.13 Å². The van der Waals surface area contributed by atoms with E-state index in [2.05, 4.69) is 238 Å². The molecule has 0 aliphatic carbocycles. The first-order valence-corrected chi connectivity index (χ1v) is 21.8. The Bertz CT molecular complexity index is 3670. The van der Waals surface area contributed by atoms with Gasteiger partial charge in [0.15, 0.2) is 0 Å². The molecule has 0 fully saturated rings. The molecule has 0 saturated heterocycles. The van der Waals surface area contributed by atoms with E-state index in [1.165, 1.54) is 38.2 Å². The highest BCUT2D eigenvalue weighted by Crippen LogP contribution is 2.43. The maximum atomic E-state index is 6.38. The van der Waals surface area contributed by atoms with Gasteiger partial charge in [-0.25, -0.2) is 0 Å². The summed E-state index contributed by atoms with van der Waals surface area (Å²) in [4.78, 5) is 2.40. The summed E-state index contributed by atoms with van der Waals surface area (Å²) < 4.78 is 11.2. The fourth-order valence-corrected chi connectivity index (χ4v) is 9.98. The molecule has 0 amide bonds. The Hall–Kier alpha value is -8.60. The summed E-state index contributed by atoms with van der Waals surface area (Å²) in [5.74, 6) is 0. The molecule has 0 bridgehead atoms. The highest BCUT2D eigenvalue weighted by Gasteiger charge is 2.21. The number of hydrogen-bond acceptors (Lipinski definition) is 2. The van der Waals surface area contributed by atoms with Crippen LogP contribution in [-0.2, 0) is 0 Å². The molecule has 13 aromatic rings. The fourth-order valence-electron chi connectivity index (χ4n) is 9.98. The molecule has 0 aliphatic rings. The van der Waals surface area contributed by atoms with Gasteiger partial charge in [-0.05, 0) is 107 Å². The second-order valence-corrected chi connectivity index (χ2v) is 16.6. The van der Waals surface area contributed by atoms with E-state index in [0.717, 1.165) is 78.0 Å². The van der Waals surface area contributed by atoms with Crippen LogP contribution in [0.15, 0.2) is 241 Å². The molecule has 10 aromatic carbocycles. The number of anilines is 3. The van der Waals surface area contributed by atoms with Gasteiger partial charge in [-0.2, -0.15) is 0 Å². The van der Waals surface area contributed by atoms with Crippen molar-refractivity contribution in [2.24, 2.45) is 0 Å². The van der Waals surface area contributed by atoms with E-state index < -0.39 is 0 Å². The standard InChI is InChI=1S/C60H39N3O/c1-2-15-40(16-3-1)42-17-14-18-43(35-42)41-29-31-44(32-30-41)61(45-33-34-60-54(39-45)53-23-8-13-28-59(53)64-60)46-36-47(62-55-24-9-4-19-49(55)50-20-5-10-25-56(50)62)38-48(37-46)63-57-26-11-6-21-51(57)52-22-7-12-27-58(52)63/h1-39H. The molecule has 3 heterocycles. The van der Waals surface area contributed by atoms with E-state index >= 15 is 0 Å². The Balaban J connectivity index is 1.08. The topological polar surface area (TPSA) is 26.2 Å². The van der Waals surface area contributed by atoms with Crippen LogP contribution in [0.3, 0.4) is 0 Å². The van der Waals surface area contributed by atoms with Crippen molar-refractivity contribution in [3.05, 3.63) is 237 Å². The SMILES string of the molecule is c1ccc(-c2cccc(-c3ccc(N(c4cc(-n5c6ccccc6c6ccccc65)cc(-n5c6ccccc6c6ccccc65)c4)c4ccc5oc6ccccc6c5c4)cc3)c2)cc1. The van der Waals surface area contributed by atoms with E-state index in [9.17, 15) is 0 Å². The minimum atomic E-state index is 0.864. The molecule has 0 radical (unpaired) electrons. The molecule has 0 saturated carbocycles. The minimum absolute atomic E-state index is 0.864. The van der Waals surface area contributed by atoms with Crippen LogP contribution in [0, 0.1) is 0 Å². The first-order valence-electron chi connectivity index (χ1n) is 21.8. The zero-order chi connectivity index (χ0) is 42.1. The van der Waals surface area contributed by atoms with Gasteiger partial charge in [0, 0.05) is 43.7 Å². The van der Waals surface area contributed by atoms with Gasteiger partial charge in [0.25, 0.3) is 0 Å². The lowest BCUT2D eigenvalue weighted by molar-refractivity contribution is 0.669. The molecule has 3 aromatic heterocycles. The van der Waals surface area contributed by atoms with Crippen molar-refractivity contribution in [3.8, 4) is 33.6 Å². The van der Waals surface area contributed by atoms with Gasteiger partial charge in [0.1, 0.15) is 11.2 Å². The third-order valence-electron chi connectivity index (χ3n) is 12.9. The van der Waals surface area contributed by atoms with Crippen LogP contribution in [0.5, 0.6) is 0 Å². The lowest BCUT2D eigenvalue weighted by Crippen LogP contribution is -2.12. The number of aromatic nitrogens is 2. The lowest BCUT2D eigenvalue weighted by Gasteiger charge is -2.27. The summed E-state index contributed by atoms with van der Waals surface area (Å²) in [6.45, 7) is 0. The molecule has 300 valence electrons. The van der Waals surface area contributed by atoms with Gasteiger partial charge in [0.05, 0.1) is 39.1 Å². The van der Waals surface area contributed by atoms with Crippen LogP contribution >= 0.6 is 0 Å². The summed E-state index contributed by atoms with van der Waals surface area (Å²) in [6, 6.07) is 85.4. The molecule has 64 heavy (non-hydrogen) atoms. The summed E-state index contributed by atoms with van der Waals surface area (Å²) in [6.07, 6.45) is 0. The molecule has 0 N–H and O–H groups in total. The predicted octanol–water partition coefficient (Wildman–Crippen LogP) is 16.6. The molecule has 0 aliphatic heterocycles. The monoisotopic (exact) mass is 817 g/mol. The number of nitrogens with zero attached hydrogens (tertiary/aromatic N) is 3. The van der Waals surface area contributed by atoms with Crippen molar-refractivity contribution >= 4 is 82.6 Å². The van der Waals surface area contributed by atoms with Crippen LogP contribution < -0.4 is 4.90 Å². The third-order valence-corrected chi connectivity index (χ3v) is 12.9. The van der Waals surface area contributed by atoms with E-state index in [-0.39, 0.29) is 0 Å². The first-order chi connectivity index (χ1) is 31.7. The normalized spacial score (nSPS) is 11.8. The summed E-state index contributed by atoms with van der Waals surface area (Å²) in [7, 11) is 0. The first kappa shape index (κ1) is 36.1. The van der Waals surface area contributed by atoms with Gasteiger partial charge in [-0.1, -0.05) is 152 Å². The zero-order valence-corrected chi connectivity index (χ0v) is 34.8. The van der Waals surface area contributed by atoms with Crippen molar-refractivity contribution in [1.29, 1.82) is 0 Å². The smallest absolute Gasteiger partial charge is 0.135 e. The quantitative estimate of drug-likeness (QED) is 0.160. The second kappa shape index (κ2) is 14.5. The molecule has 4 nitrogen and oxygen atoms in total. The van der Waals surface area contributed by atoms with Crippen molar-refractivity contribution < 1.29 is 4.42 Å². The maximum absolute atomic E-state index is 6.38. The van der Waals surface area contributed by atoms with Crippen molar-refractivity contribution in [1.82, 2.24) is 9.13 Å². The summed E-state index contributed by atoms with van der Waals surface area (Å²) in [5, 5.41) is 7.07. The average molecular weight is 818 g/mol. The number of hydrogen-bond donors (Lipinski definition) is 0. The Morgan fingerprint density at radius 1 is 0.266 bits per heavy atom. The van der Waals surface area contributed by atoms with Crippen molar-refractivity contribution in [3.63, 3.8) is 0 Å². The Kier molecular flexibility index (Phi) is 8.18. The van der Waals surface area contributed by atoms with E-state index in [1.54, 1.807) is 0 Å². The minimum Gasteiger partial charge on any atom is -0.456 e. The Labute approximate surface area is 369 Å². The highest BCUT2D eigenvalue weighted by molar-refractivity contribution is 6.11. The molecule has 0 unspecified atom stereocenters. The largest absolute Gasteiger partial charge is 0.456 e. The third kappa shape index (κ3) is 5.77. The van der Waals surface area contributed by atoms with Crippen LogP contribution in [0.25, 0.3) is 99.2 Å². The second-order valence-electron chi connectivity index (χ2n) is 16.6. The summed E-state index contributed by atoms with van der Waals surface area (Å²) in [5.41, 5.74) is 16.4. The van der Waals surface area contributed by atoms with E-state index in [0.29, 0.717) is 0 Å². The van der Waals surface area contributed by atoms with Crippen molar-refractivity contribution in [2.45, 2.75) is 0 Å². The van der Waals surface area contributed by atoms with E-state index in [4.69, 9.17) is 4.42 Å². The molecule has 0 atom stereocenters. The molecular formula is C60H39N3O. The van der Waals surface area contributed by atoms with E-state index in [1.807, 2.05) is 12.1 Å². The van der Waals surface area contributed by atoms with Gasteiger partial charge in [-0.3, -0.25) is 0 Å². The number of fused-ring (bicyclic) bond motifs is 9. The fraction of sp³-hybridized carbons (Fsp3) is 0. The number of benzene rings is 10. The van der Waals surface area contributed by atoms with Crippen LogP contribution in [0.4, 0.5) is 17.1 Å². The van der Waals surface area contributed by atoms with Gasteiger partial charge in [0.2, 0.25) is 0 Å². The molecule has 4 heteroatoms. The molecule has 0 spiro atoms. The van der Waals surface area contributed by atoms with Gasteiger partial charge >= 0.3 is 0 Å².